The highest BCUT2D eigenvalue weighted by atomic mass is 32.2. The molecule has 0 aliphatic carbocycles. The Bertz CT molecular complexity index is 634. The van der Waals surface area contributed by atoms with Gasteiger partial charge in [-0.2, -0.15) is 0 Å². The quantitative estimate of drug-likeness (QED) is 0.707. The number of nitrogens with one attached hydrogen (secondary N) is 1. The fourth-order valence-corrected chi connectivity index (χ4v) is 2.92. The first-order chi connectivity index (χ1) is 11.7. The molecule has 2 rings (SSSR count). The van der Waals surface area contributed by atoms with Crippen molar-refractivity contribution in [3.05, 3.63) is 60.2 Å². The van der Waals surface area contributed by atoms with Crippen molar-refractivity contribution in [1.82, 2.24) is 5.32 Å². The summed E-state index contributed by atoms with van der Waals surface area (Å²) >= 11 is 1.63. The number of carbonyl (C=O) groups excluding carboxylic acids is 1. The Labute approximate surface area is 147 Å². The zero-order chi connectivity index (χ0) is 17.2. The minimum Gasteiger partial charge on any atom is -0.497 e. The molecular weight excluding hydrogens is 322 g/mol. The topological polar surface area (TPSA) is 47.6 Å². The maximum Gasteiger partial charge on any atom is 0.232 e. The van der Waals surface area contributed by atoms with Crippen LogP contribution in [0.25, 0.3) is 0 Å². The molecule has 1 unspecified atom stereocenters. The van der Waals surface area contributed by atoms with Crippen molar-refractivity contribution < 1.29 is 14.3 Å². The van der Waals surface area contributed by atoms with Crippen LogP contribution in [0, 0.1) is 0 Å². The van der Waals surface area contributed by atoms with E-state index >= 15 is 0 Å². The Hall–Kier alpha value is -2.14. The van der Waals surface area contributed by atoms with Crippen LogP contribution >= 0.6 is 11.8 Å². The summed E-state index contributed by atoms with van der Waals surface area (Å²) in [7, 11) is 1.62. The Balaban J connectivity index is 1.65. The van der Waals surface area contributed by atoms with E-state index in [2.05, 4.69) is 17.4 Å². The molecule has 2 aromatic rings. The summed E-state index contributed by atoms with van der Waals surface area (Å²) in [5.41, 5.74) is 1.23. The highest BCUT2D eigenvalue weighted by Gasteiger charge is 2.12. The molecular formula is C19H23NO3S. The molecule has 0 fully saturated rings. The van der Waals surface area contributed by atoms with Gasteiger partial charge in [-0.1, -0.05) is 36.4 Å². The third kappa shape index (κ3) is 6.16. The summed E-state index contributed by atoms with van der Waals surface area (Å²) in [6.45, 7) is 2.83. The van der Waals surface area contributed by atoms with Crippen LogP contribution in [0.3, 0.4) is 0 Å². The van der Waals surface area contributed by atoms with Gasteiger partial charge >= 0.3 is 0 Å². The molecule has 0 bridgehead atoms. The maximum atomic E-state index is 12.1. The van der Waals surface area contributed by atoms with E-state index in [4.69, 9.17) is 9.47 Å². The van der Waals surface area contributed by atoms with Crippen LogP contribution in [0.5, 0.6) is 11.5 Å². The molecule has 5 heteroatoms. The molecule has 24 heavy (non-hydrogen) atoms. The van der Waals surface area contributed by atoms with Gasteiger partial charge in [-0.25, -0.2) is 0 Å². The van der Waals surface area contributed by atoms with Crippen molar-refractivity contribution in [3.8, 4) is 11.5 Å². The first-order valence-electron chi connectivity index (χ1n) is 7.89. The second-order valence-corrected chi connectivity index (χ2v) is 6.59. The van der Waals surface area contributed by atoms with E-state index in [9.17, 15) is 4.79 Å². The Kier molecular flexibility index (Phi) is 7.49. The Morgan fingerprint density at radius 3 is 2.62 bits per heavy atom. The molecule has 0 aliphatic rings. The molecule has 2 aromatic carbocycles. The fraction of sp³-hybridized carbons (Fsp3) is 0.316. The summed E-state index contributed by atoms with van der Waals surface area (Å²) < 4.78 is 10.7. The van der Waals surface area contributed by atoms with E-state index in [0.29, 0.717) is 13.2 Å². The van der Waals surface area contributed by atoms with Gasteiger partial charge in [0.25, 0.3) is 0 Å². The molecule has 1 atom stereocenters. The normalized spacial score (nSPS) is 11.6. The van der Waals surface area contributed by atoms with Gasteiger partial charge in [-0.3, -0.25) is 4.79 Å². The SMILES string of the molecule is COc1cccc(OCCNC(=O)C(C)SCc2ccccc2)c1. The van der Waals surface area contributed by atoms with Crippen LogP contribution in [0.1, 0.15) is 12.5 Å². The summed E-state index contributed by atoms with van der Waals surface area (Å²) in [6, 6.07) is 17.6. The second-order valence-electron chi connectivity index (χ2n) is 5.26. The number of hydrogen-bond acceptors (Lipinski definition) is 4. The van der Waals surface area contributed by atoms with E-state index in [0.717, 1.165) is 17.3 Å². The molecule has 0 aromatic heterocycles. The number of thioether (sulfide) groups is 1. The minimum absolute atomic E-state index is 0.0326. The largest absolute Gasteiger partial charge is 0.497 e. The lowest BCUT2D eigenvalue weighted by Crippen LogP contribution is -2.34. The molecule has 0 spiro atoms. The predicted molar refractivity (Wildman–Crippen MR) is 98.7 cm³/mol. The summed E-state index contributed by atoms with van der Waals surface area (Å²) in [6.07, 6.45) is 0. The monoisotopic (exact) mass is 345 g/mol. The Morgan fingerprint density at radius 2 is 1.88 bits per heavy atom. The van der Waals surface area contributed by atoms with Gasteiger partial charge in [0.05, 0.1) is 18.9 Å². The van der Waals surface area contributed by atoms with Crippen molar-refractivity contribution in [3.63, 3.8) is 0 Å². The number of hydrogen-bond donors (Lipinski definition) is 1. The zero-order valence-corrected chi connectivity index (χ0v) is 14.8. The van der Waals surface area contributed by atoms with Crippen LogP contribution in [0.4, 0.5) is 0 Å². The second kappa shape index (κ2) is 9.88. The van der Waals surface area contributed by atoms with Gasteiger partial charge in [0.15, 0.2) is 0 Å². The number of carbonyl (C=O) groups is 1. The molecule has 1 amide bonds. The van der Waals surface area contributed by atoms with E-state index in [1.54, 1.807) is 18.9 Å². The molecule has 0 aliphatic heterocycles. The van der Waals surface area contributed by atoms with Crippen LogP contribution in [-0.2, 0) is 10.5 Å². The third-order valence-electron chi connectivity index (χ3n) is 3.42. The zero-order valence-electron chi connectivity index (χ0n) is 14.0. The number of rotatable bonds is 9. The van der Waals surface area contributed by atoms with Crippen molar-refractivity contribution in [2.75, 3.05) is 20.3 Å². The van der Waals surface area contributed by atoms with E-state index in [1.165, 1.54) is 5.56 Å². The number of amides is 1. The van der Waals surface area contributed by atoms with Gasteiger partial charge < -0.3 is 14.8 Å². The van der Waals surface area contributed by atoms with Gasteiger partial charge in [-0.15, -0.1) is 11.8 Å². The number of ether oxygens (including phenoxy) is 2. The van der Waals surface area contributed by atoms with Gasteiger partial charge in [-0.05, 0) is 24.6 Å². The lowest BCUT2D eigenvalue weighted by atomic mass is 10.2. The number of benzene rings is 2. The molecule has 0 saturated heterocycles. The Morgan fingerprint density at radius 1 is 1.12 bits per heavy atom. The van der Waals surface area contributed by atoms with Crippen LogP contribution in [0.15, 0.2) is 54.6 Å². The molecule has 0 heterocycles. The molecule has 1 N–H and O–H groups in total. The van der Waals surface area contributed by atoms with E-state index < -0.39 is 0 Å². The van der Waals surface area contributed by atoms with E-state index in [1.807, 2.05) is 49.4 Å². The lowest BCUT2D eigenvalue weighted by molar-refractivity contribution is -0.120. The molecule has 0 radical (unpaired) electrons. The van der Waals surface area contributed by atoms with Crippen LogP contribution < -0.4 is 14.8 Å². The summed E-state index contributed by atoms with van der Waals surface area (Å²) in [4.78, 5) is 12.1. The average Bonchev–Trinajstić information content (AvgIpc) is 2.64. The van der Waals surface area contributed by atoms with Gasteiger partial charge in [0.1, 0.15) is 18.1 Å². The summed E-state index contributed by atoms with van der Waals surface area (Å²) in [5, 5.41) is 2.81. The first-order valence-corrected chi connectivity index (χ1v) is 8.94. The van der Waals surface area contributed by atoms with Crippen molar-refractivity contribution >= 4 is 17.7 Å². The van der Waals surface area contributed by atoms with Crippen molar-refractivity contribution in [1.29, 1.82) is 0 Å². The summed E-state index contributed by atoms with van der Waals surface area (Å²) in [5.74, 6) is 2.35. The maximum absolute atomic E-state index is 12.1. The molecule has 4 nitrogen and oxygen atoms in total. The smallest absolute Gasteiger partial charge is 0.232 e. The average molecular weight is 345 g/mol. The third-order valence-corrected chi connectivity index (χ3v) is 4.64. The highest BCUT2D eigenvalue weighted by Crippen LogP contribution is 2.19. The lowest BCUT2D eigenvalue weighted by Gasteiger charge is -2.13. The number of methoxy groups -OCH3 is 1. The van der Waals surface area contributed by atoms with Gasteiger partial charge in [0.2, 0.25) is 5.91 Å². The predicted octanol–water partition coefficient (Wildman–Crippen LogP) is 3.51. The molecule has 0 saturated carbocycles. The van der Waals surface area contributed by atoms with E-state index in [-0.39, 0.29) is 11.2 Å². The van der Waals surface area contributed by atoms with Crippen LogP contribution in [-0.4, -0.2) is 31.4 Å². The van der Waals surface area contributed by atoms with Crippen molar-refractivity contribution in [2.45, 2.75) is 17.9 Å². The first kappa shape index (κ1) is 18.2. The van der Waals surface area contributed by atoms with Crippen molar-refractivity contribution in [2.24, 2.45) is 0 Å². The highest BCUT2D eigenvalue weighted by molar-refractivity contribution is 7.99. The van der Waals surface area contributed by atoms with Crippen LogP contribution in [0.2, 0.25) is 0 Å². The molecule has 128 valence electrons. The standard InChI is InChI=1S/C19H23NO3S/c1-15(24-14-16-7-4-3-5-8-16)19(21)20-11-12-23-18-10-6-9-17(13-18)22-2/h3-10,13,15H,11-12,14H2,1-2H3,(H,20,21). The fourth-order valence-electron chi connectivity index (χ4n) is 2.05. The van der Waals surface area contributed by atoms with Gasteiger partial charge in [0, 0.05) is 11.8 Å². The minimum atomic E-state index is -0.0953.